The zero-order chi connectivity index (χ0) is 13.7. The van der Waals surface area contributed by atoms with Gasteiger partial charge >= 0.3 is 0 Å². The molecule has 2 aromatic rings. The van der Waals surface area contributed by atoms with Crippen molar-refractivity contribution in [1.82, 2.24) is 4.98 Å². The Balaban J connectivity index is 2.10. The zero-order valence-corrected chi connectivity index (χ0v) is 11.7. The van der Waals surface area contributed by atoms with Crippen molar-refractivity contribution in [3.63, 3.8) is 0 Å². The topological polar surface area (TPSA) is 34.1 Å². The number of benzene rings is 1. The first kappa shape index (κ1) is 13.4. The van der Waals surface area contributed by atoms with E-state index >= 15 is 0 Å². The first-order chi connectivity index (χ1) is 9.22. The van der Waals surface area contributed by atoms with Crippen molar-refractivity contribution >= 4 is 5.82 Å². The molecule has 0 fully saturated rings. The zero-order valence-electron chi connectivity index (χ0n) is 11.7. The first-order valence-electron chi connectivity index (χ1n) is 6.65. The quantitative estimate of drug-likeness (QED) is 0.859. The molecule has 1 N–H and O–H groups in total. The van der Waals surface area contributed by atoms with Crippen LogP contribution in [0.25, 0.3) is 0 Å². The minimum atomic E-state index is 0.583. The van der Waals surface area contributed by atoms with Gasteiger partial charge in [-0.25, -0.2) is 0 Å². The number of rotatable bonds is 5. The van der Waals surface area contributed by atoms with Gasteiger partial charge in [0, 0.05) is 13.1 Å². The maximum Gasteiger partial charge on any atom is 0.221 e. The number of pyridine rings is 1. The Morgan fingerprint density at radius 3 is 2.53 bits per heavy atom. The Morgan fingerprint density at radius 2 is 1.89 bits per heavy atom. The second-order valence-electron chi connectivity index (χ2n) is 4.59. The maximum atomic E-state index is 5.74. The number of hydrogen-bond acceptors (Lipinski definition) is 3. The summed E-state index contributed by atoms with van der Waals surface area (Å²) in [5.41, 5.74) is 1.34. The first-order valence-corrected chi connectivity index (χ1v) is 6.65. The Kier molecular flexibility index (Phi) is 4.39. The summed E-state index contributed by atoms with van der Waals surface area (Å²) in [5.74, 6) is 2.80. The van der Waals surface area contributed by atoms with Crippen LogP contribution >= 0.6 is 0 Å². The molecule has 0 bridgehead atoms. The van der Waals surface area contributed by atoms with Crippen LogP contribution in [-0.2, 0) is 0 Å². The normalized spacial score (nSPS) is 11.9. The predicted molar refractivity (Wildman–Crippen MR) is 79.0 cm³/mol. The van der Waals surface area contributed by atoms with E-state index in [-0.39, 0.29) is 0 Å². The molecule has 1 aromatic heterocycles. The van der Waals surface area contributed by atoms with Crippen molar-refractivity contribution in [2.45, 2.75) is 26.2 Å². The molecule has 100 valence electrons. The van der Waals surface area contributed by atoms with Gasteiger partial charge in [-0.1, -0.05) is 32.0 Å². The van der Waals surface area contributed by atoms with E-state index in [0.29, 0.717) is 11.8 Å². The smallest absolute Gasteiger partial charge is 0.221 e. The molecular weight excluding hydrogens is 236 g/mol. The van der Waals surface area contributed by atoms with Crippen molar-refractivity contribution in [1.29, 1.82) is 0 Å². The van der Waals surface area contributed by atoms with Crippen LogP contribution in [0.3, 0.4) is 0 Å². The molecule has 0 spiro atoms. The Hall–Kier alpha value is -2.03. The van der Waals surface area contributed by atoms with Gasteiger partial charge in [0.2, 0.25) is 5.88 Å². The predicted octanol–water partition coefficient (Wildman–Crippen LogP) is 4.43. The van der Waals surface area contributed by atoms with Crippen molar-refractivity contribution in [3.8, 4) is 11.6 Å². The molecule has 3 nitrogen and oxygen atoms in total. The van der Waals surface area contributed by atoms with E-state index in [0.717, 1.165) is 18.0 Å². The van der Waals surface area contributed by atoms with Crippen LogP contribution in [0.2, 0.25) is 0 Å². The van der Waals surface area contributed by atoms with E-state index in [4.69, 9.17) is 4.74 Å². The van der Waals surface area contributed by atoms with Gasteiger partial charge in [-0.3, -0.25) is 0 Å². The Bertz CT molecular complexity index is 523. The average molecular weight is 256 g/mol. The SMILES string of the molecule is CCC(C)c1ccc(Oc2cccc(NC)n2)cc1. The van der Waals surface area contributed by atoms with Gasteiger partial charge in [-0.2, -0.15) is 4.98 Å². The summed E-state index contributed by atoms with van der Waals surface area (Å²) in [5, 5.41) is 2.99. The molecule has 1 heterocycles. The summed E-state index contributed by atoms with van der Waals surface area (Å²) in [6.07, 6.45) is 1.14. The molecule has 3 heteroatoms. The van der Waals surface area contributed by atoms with E-state index < -0.39 is 0 Å². The third-order valence-electron chi connectivity index (χ3n) is 3.26. The third-order valence-corrected chi connectivity index (χ3v) is 3.26. The highest BCUT2D eigenvalue weighted by Gasteiger charge is 2.04. The maximum absolute atomic E-state index is 5.74. The number of anilines is 1. The van der Waals surface area contributed by atoms with Crippen LogP contribution in [-0.4, -0.2) is 12.0 Å². The molecule has 0 saturated carbocycles. The van der Waals surface area contributed by atoms with Gasteiger partial charge in [0.1, 0.15) is 11.6 Å². The second kappa shape index (κ2) is 6.23. The van der Waals surface area contributed by atoms with Crippen LogP contribution in [0, 0.1) is 0 Å². The molecule has 1 unspecified atom stereocenters. The second-order valence-corrected chi connectivity index (χ2v) is 4.59. The molecule has 0 aliphatic rings. The van der Waals surface area contributed by atoms with Gasteiger partial charge in [0.15, 0.2) is 0 Å². The lowest BCUT2D eigenvalue weighted by atomic mass is 9.99. The van der Waals surface area contributed by atoms with Crippen LogP contribution in [0.5, 0.6) is 11.6 Å². The van der Waals surface area contributed by atoms with Crippen LogP contribution in [0.4, 0.5) is 5.82 Å². The standard InChI is InChI=1S/C16H20N2O/c1-4-12(2)13-8-10-14(11-9-13)19-16-7-5-6-15(17-3)18-16/h5-12H,4H2,1-3H3,(H,17,18). The minimum Gasteiger partial charge on any atom is -0.439 e. The van der Waals surface area contributed by atoms with Gasteiger partial charge in [-0.15, -0.1) is 0 Å². The Labute approximate surface area is 114 Å². The Morgan fingerprint density at radius 1 is 1.16 bits per heavy atom. The minimum absolute atomic E-state index is 0.583. The lowest BCUT2D eigenvalue weighted by Crippen LogP contribution is -1.95. The van der Waals surface area contributed by atoms with Crippen LogP contribution < -0.4 is 10.1 Å². The lowest BCUT2D eigenvalue weighted by molar-refractivity contribution is 0.463. The summed E-state index contributed by atoms with van der Waals surface area (Å²) in [6, 6.07) is 13.9. The highest BCUT2D eigenvalue weighted by molar-refractivity contribution is 5.38. The van der Waals surface area contributed by atoms with Crippen molar-refractivity contribution in [2.24, 2.45) is 0 Å². The van der Waals surface area contributed by atoms with Crippen LogP contribution in [0.1, 0.15) is 31.7 Å². The number of nitrogens with one attached hydrogen (secondary N) is 1. The summed E-state index contributed by atoms with van der Waals surface area (Å²) in [4.78, 5) is 4.33. The molecule has 0 aliphatic carbocycles. The van der Waals surface area contributed by atoms with Gasteiger partial charge in [-0.05, 0) is 36.1 Å². The average Bonchev–Trinajstić information content (AvgIpc) is 2.47. The van der Waals surface area contributed by atoms with Crippen molar-refractivity contribution < 1.29 is 4.74 Å². The molecule has 2 rings (SSSR count). The van der Waals surface area contributed by atoms with E-state index in [1.165, 1.54) is 5.56 Å². The molecule has 0 aliphatic heterocycles. The fraction of sp³-hybridized carbons (Fsp3) is 0.312. The fourth-order valence-corrected chi connectivity index (χ4v) is 1.83. The largest absolute Gasteiger partial charge is 0.439 e. The van der Waals surface area contributed by atoms with E-state index in [2.05, 4.69) is 36.3 Å². The highest BCUT2D eigenvalue weighted by Crippen LogP contribution is 2.24. The number of nitrogens with zero attached hydrogens (tertiary/aromatic N) is 1. The van der Waals surface area contributed by atoms with Crippen LogP contribution in [0.15, 0.2) is 42.5 Å². The molecule has 19 heavy (non-hydrogen) atoms. The monoisotopic (exact) mass is 256 g/mol. The summed E-state index contributed by atoms with van der Waals surface area (Å²) in [6.45, 7) is 4.43. The molecular formula is C16H20N2O. The molecule has 1 atom stereocenters. The number of hydrogen-bond donors (Lipinski definition) is 1. The number of aromatic nitrogens is 1. The van der Waals surface area contributed by atoms with E-state index in [9.17, 15) is 0 Å². The number of ether oxygens (including phenoxy) is 1. The molecule has 0 saturated heterocycles. The summed E-state index contributed by atoms with van der Waals surface area (Å²) >= 11 is 0. The third kappa shape index (κ3) is 3.47. The summed E-state index contributed by atoms with van der Waals surface area (Å²) in [7, 11) is 1.84. The van der Waals surface area contributed by atoms with Gasteiger partial charge < -0.3 is 10.1 Å². The molecule has 0 radical (unpaired) electrons. The van der Waals surface area contributed by atoms with Crippen molar-refractivity contribution in [3.05, 3.63) is 48.0 Å². The molecule has 0 amide bonds. The van der Waals surface area contributed by atoms with Gasteiger partial charge in [0.05, 0.1) is 0 Å². The lowest BCUT2D eigenvalue weighted by Gasteiger charge is -2.10. The van der Waals surface area contributed by atoms with Gasteiger partial charge in [0.25, 0.3) is 0 Å². The molecule has 1 aromatic carbocycles. The fourth-order valence-electron chi connectivity index (χ4n) is 1.83. The highest BCUT2D eigenvalue weighted by atomic mass is 16.5. The summed E-state index contributed by atoms with van der Waals surface area (Å²) < 4.78 is 5.74. The van der Waals surface area contributed by atoms with E-state index in [1.807, 2.05) is 37.4 Å². The van der Waals surface area contributed by atoms with Crippen molar-refractivity contribution in [2.75, 3.05) is 12.4 Å². The van der Waals surface area contributed by atoms with E-state index in [1.54, 1.807) is 0 Å².